The maximum absolute atomic E-state index is 12.9. The molecule has 0 aliphatic heterocycles. The molecule has 7 nitrogen and oxygen atoms in total. The maximum Gasteiger partial charge on any atom is 0.287 e. The first-order chi connectivity index (χ1) is 14.2. The first-order valence-electron chi connectivity index (χ1n) is 8.86. The molecule has 0 aliphatic carbocycles. The Balaban J connectivity index is 1.32. The van der Waals surface area contributed by atoms with Gasteiger partial charge in [-0.15, -0.1) is 0 Å². The second-order valence-electron chi connectivity index (χ2n) is 6.18. The van der Waals surface area contributed by atoms with Crippen molar-refractivity contribution < 1.29 is 18.3 Å². The summed E-state index contributed by atoms with van der Waals surface area (Å²) in [4.78, 5) is 20.6. The lowest BCUT2D eigenvalue weighted by atomic mass is 10.2. The van der Waals surface area contributed by atoms with Crippen LogP contribution in [0.3, 0.4) is 0 Å². The van der Waals surface area contributed by atoms with Crippen molar-refractivity contribution in [1.29, 1.82) is 0 Å². The Morgan fingerprint density at radius 3 is 2.79 bits per heavy atom. The predicted molar refractivity (Wildman–Crippen MR) is 102 cm³/mol. The van der Waals surface area contributed by atoms with E-state index >= 15 is 0 Å². The molecule has 3 heterocycles. The fourth-order valence-corrected chi connectivity index (χ4v) is 2.64. The zero-order chi connectivity index (χ0) is 20.1. The smallest absolute Gasteiger partial charge is 0.287 e. The molecule has 0 spiro atoms. The molecule has 0 atom stereocenters. The molecule has 0 bridgehead atoms. The van der Waals surface area contributed by atoms with Gasteiger partial charge in [-0.3, -0.25) is 9.36 Å². The number of halogens is 1. The van der Waals surface area contributed by atoms with Crippen LogP contribution >= 0.6 is 0 Å². The monoisotopic (exact) mass is 392 g/mol. The number of furan rings is 1. The van der Waals surface area contributed by atoms with Gasteiger partial charge in [0.15, 0.2) is 5.76 Å². The molecule has 8 heteroatoms. The third-order valence-electron chi connectivity index (χ3n) is 4.11. The van der Waals surface area contributed by atoms with Crippen LogP contribution in [-0.4, -0.2) is 20.4 Å². The fourth-order valence-electron chi connectivity index (χ4n) is 2.64. The lowest BCUT2D eigenvalue weighted by Gasteiger charge is -2.06. The molecule has 0 aliphatic rings. The predicted octanol–water partition coefficient (Wildman–Crippen LogP) is 3.51. The van der Waals surface area contributed by atoms with Crippen LogP contribution in [0.4, 0.5) is 4.39 Å². The summed E-state index contributed by atoms with van der Waals surface area (Å²) in [6, 6.07) is 12.6. The first-order valence-corrected chi connectivity index (χ1v) is 8.86. The maximum atomic E-state index is 12.9. The molecule has 0 fully saturated rings. The van der Waals surface area contributed by atoms with Crippen molar-refractivity contribution in [2.75, 3.05) is 0 Å². The molecule has 146 valence electrons. The van der Waals surface area contributed by atoms with Crippen LogP contribution in [0.2, 0.25) is 0 Å². The average molecular weight is 392 g/mol. The van der Waals surface area contributed by atoms with Crippen molar-refractivity contribution in [3.63, 3.8) is 0 Å². The Labute approximate surface area is 165 Å². The minimum atomic E-state index is -0.334. The van der Waals surface area contributed by atoms with Gasteiger partial charge in [0.25, 0.3) is 5.91 Å². The third kappa shape index (κ3) is 4.67. The summed E-state index contributed by atoms with van der Waals surface area (Å²) in [6.45, 7) is 0.461. The number of pyridine rings is 1. The van der Waals surface area contributed by atoms with Gasteiger partial charge in [0.2, 0.25) is 0 Å². The number of amides is 1. The molecule has 1 amide bonds. The number of hydrogen-bond acceptors (Lipinski definition) is 5. The molecular formula is C21H17FN4O3. The molecule has 4 aromatic rings. The molecule has 0 unspecified atom stereocenters. The molecule has 3 aromatic heterocycles. The van der Waals surface area contributed by atoms with Gasteiger partial charge in [-0.1, -0.05) is 0 Å². The average Bonchev–Trinajstić information content (AvgIpc) is 3.44. The number of benzene rings is 1. The highest BCUT2D eigenvalue weighted by Crippen LogP contribution is 2.15. The van der Waals surface area contributed by atoms with Crippen LogP contribution in [0, 0.1) is 5.82 Å². The normalized spacial score (nSPS) is 10.7. The number of nitrogens with zero attached hydrogens (tertiary/aromatic N) is 3. The highest BCUT2D eigenvalue weighted by Gasteiger charge is 2.12. The standard InChI is InChI=1S/C21H17FN4O3/c22-16-1-3-17(4-2-16)28-13-18-5-6-19(29-18)21(27)25-12-15-7-8-24-20(11-15)26-10-9-23-14-26/h1-11,14H,12-13H2,(H,25,27). The fraction of sp³-hybridized carbons (Fsp3) is 0.0952. The summed E-state index contributed by atoms with van der Waals surface area (Å²) in [5.41, 5.74) is 0.892. The number of imidazole rings is 1. The Morgan fingerprint density at radius 2 is 2.00 bits per heavy atom. The zero-order valence-corrected chi connectivity index (χ0v) is 15.3. The number of ether oxygens (including phenoxy) is 1. The number of carbonyl (C=O) groups excluding carboxylic acids is 1. The van der Waals surface area contributed by atoms with Crippen molar-refractivity contribution in [2.24, 2.45) is 0 Å². The van der Waals surface area contributed by atoms with Crippen molar-refractivity contribution in [3.05, 3.63) is 96.3 Å². The van der Waals surface area contributed by atoms with Gasteiger partial charge >= 0.3 is 0 Å². The summed E-state index contributed by atoms with van der Waals surface area (Å²) < 4.78 is 25.7. The summed E-state index contributed by atoms with van der Waals surface area (Å²) in [5, 5.41) is 2.81. The molecule has 1 N–H and O–H groups in total. The second kappa shape index (κ2) is 8.39. The van der Waals surface area contributed by atoms with E-state index in [0.717, 1.165) is 5.56 Å². The van der Waals surface area contributed by atoms with Crippen LogP contribution in [0.1, 0.15) is 21.9 Å². The number of carbonyl (C=O) groups is 1. The Kier molecular flexibility index (Phi) is 5.33. The van der Waals surface area contributed by atoms with Gasteiger partial charge in [-0.05, 0) is 54.1 Å². The number of hydrogen-bond donors (Lipinski definition) is 1. The van der Waals surface area contributed by atoms with Crippen LogP contribution in [-0.2, 0) is 13.2 Å². The van der Waals surface area contributed by atoms with E-state index in [1.807, 2.05) is 12.1 Å². The van der Waals surface area contributed by atoms with Crippen LogP contribution in [0.5, 0.6) is 5.75 Å². The van der Waals surface area contributed by atoms with Gasteiger partial charge < -0.3 is 14.5 Å². The van der Waals surface area contributed by atoms with Gasteiger partial charge in [0.05, 0.1) is 0 Å². The molecule has 0 saturated carbocycles. The van der Waals surface area contributed by atoms with E-state index in [4.69, 9.17) is 9.15 Å². The molecule has 29 heavy (non-hydrogen) atoms. The SMILES string of the molecule is O=C(NCc1ccnc(-n2ccnc2)c1)c1ccc(COc2ccc(F)cc2)o1. The highest BCUT2D eigenvalue weighted by molar-refractivity contribution is 5.91. The summed E-state index contributed by atoms with van der Waals surface area (Å²) in [5.74, 6) is 1.24. The van der Waals surface area contributed by atoms with Gasteiger partial charge in [0, 0.05) is 25.1 Å². The number of aromatic nitrogens is 3. The third-order valence-corrected chi connectivity index (χ3v) is 4.11. The Bertz CT molecular complexity index is 1090. The van der Waals surface area contributed by atoms with Crippen molar-refractivity contribution in [1.82, 2.24) is 19.9 Å². The van der Waals surface area contributed by atoms with Gasteiger partial charge in [0.1, 0.15) is 36.1 Å². The quantitative estimate of drug-likeness (QED) is 0.520. The lowest BCUT2D eigenvalue weighted by molar-refractivity contribution is 0.0919. The summed E-state index contributed by atoms with van der Waals surface area (Å²) in [7, 11) is 0. The topological polar surface area (TPSA) is 82.2 Å². The van der Waals surface area contributed by atoms with Crippen molar-refractivity contribution in [3.8, 4) is 11.6 Å². The first kappa shape index (κ1) is 18.4. The van der Waals surface area contributed by atoms with E-state index in [1.165, 1.54) is 24.3 Å². The van der Waals surface area contributed by atoms with Crippen molar-refractivity contribution >= 4 is 5.91 Å². The second-order valence-corrected chi connectivity index (χ2v) is 6.18. The number of rotatable bonds is 7. The van der Waals surface area contributed by atoms with Crippen LogP contribution in [0.15, 0.2) is 77.9 Å². The zero-order valence-electron chi connectivity index (χ0n) is 15.3. The Hall–Kier alpha value is -3.94. The van der Waals surface area contributed by atoms with Gasteiger partial charge in [-0.25, -0.2) is 14.4 Å². The molecular weight excluding hydrogens is 375 g/mol. The van der Waals surface area contributed by atoms with E-state index in [9.17, 15) is 9.18 Å². The molecule has 1 aromatic carbocycles. The van der Waals surface area contributed by atoms with E-state index in [1.54, 1.807) is 41.6 Å². The number of nitrogens with one attached hydrogen (secondary N) is 1. The van der Waals surface area contributed by atoms with E-state index in [0.29, 0.717) is 23.9 Å². The highest BCUT2D eigenvalue weighted by atomic mass is 19.1. The largest absolute Gasteiger partial charge is 0.486 e. The minimum absolute atomic E-state index is 0.136. The molecule has 0 radical (unpaired) electrons. The lowest BCUT2D eigenvalue weighted by Crippen LogP contribution is -2.22. The van der Waals surface area contributed by atoms with Crippen molar-refractivity contribution in [2.45, 2.75) is 13.2 Å². The van der Waals surface area contributed by atoms with Crippen LogP contribution in [0.25, 0.3) is 5.82 Å². The molecule has 0 saturated heterocycles. The van der Waals surface area contributed by atoms with E-state index in [2.05, 4.69) is 15.3 Å². The summed E-state index contributed by atoms with van der Waals surface area (Å²) >= 11 is 0. The van der Waals surface area contributed by atoms with Gasteiger partial charge in [-0.2, -0.15) is 0 Å². The molecule has 4 rings (SSSR count). The Morgan fingerprint density at radius 1 is 1.14 bits per heavy atom. The van der Waals surface area contributed by atoms with Crippen LogP contribution < -0.4 is 10.1 Å². The minimum Gasteiger partial charge on any atom is -0.486 e. The summed E-state index contributed by atoms with van der Waals surface area (Å²) in [6.07, 6.45) is 6.80. The van der Waals surface area contributed by atoms with E-state index < -0.39 is 0 Å². The van der Waals surface area contributed by atoms with E-state index in [-0.39, 0.29) is 24.1 Å².